The molecular formula is C12H21N6S+. The van der Waals surface area contributed by atoms with Crippen LogP contribution in [0.1, 0.15) is 16.7 Å². The van der Waals surface area contributed by atoms with Crippen LogP contribution in [0.4, 0.5) is 0 Å². The van der Waals surface area contributed by atoms with Gasteiger partial charge in [0.1, 0.15) is 0 Å². The Balaban J connectivity index is 3.32. The Morgan fingerprint density at radius 1 is 1.53 bits per heavy atom. The predicted molar refractivity (Wildman–Crippen MR) is 81.5 cm³/mol. The van der Waals surface area contributed by atoms with E-state index >= 15 is 0 Å². The van der Waals surface area contributed by atoms with Crippen molar-refractivity contribution in [3.05, 3.63) is 27.5 Å². The highest BCUT2D eigenvalue weighted by molar-refractivity contribution is 7.13. The van der Waals surface area contributed by atoms with Crippen molar-refractivity contribution in [2.75, 3.05) is 7.05 Å². The van der Waals surface area contributed by atoms with E-state index in [1.54, 1.807) is 18.4 Å². The fraction of sp³-hybridized carbons (Fsp3) is 0.333. The van der Waals surface area contributed by atoms with Crippen molar-refractivity contribution >= 4 is 29.2 Å². The smallest absolute Gasteiger partial charge is 0.324 e. The number of nitrogens with two attached hydrogens (primary N) is 4. The Morgan fingerprint density at radius 2 is 2.21 bits per heavy atom. The molecule has 0 amide bonds. The first-order valence-electron chi connectivity index (χ1n) is 5.88. The maximum atomic E-state index is 6.21. The molecule has 0 aromatic carbocycles. The third kappa shape index (κ3) is 3.63. The van der Waals surface area contributed by atoms with E-state index in [1.807, 2.05) is 19.1 Å². The third-order valence-electron chi connectivity index (χ3n) is 2.57. The van der Waals surface area contributed by atoms with E-state index in [1.165, 1.54) is 6.34 Å². The van der Waals surface area contributed by atoms with E-state index in [9.17, 15) is 0 Å². The summed E-state index contributed by atoms with van der Waals surface area (Å²) in [5.74, 6) is 0.567. The molecule has 104 valence electrons. The van der Waals surface area contributed by atoms with Crippen molar-refractivity contribution in [2.24, 2.45) is 27.9 Å². The summed E-state index contributed by atoms with van der Waals surface area (Å²) in [6.07, 6.45) is 1.21. The fourth-order valence-electron chi connectivity index (χ4n) is 1.70. The van der Waals surface area contributed by atoms with Crippen molar-refractivity contribution in [3.8, 4) is 0 Å². The molecule has 0 fully saturated rings. The van der Waals surface area contributed by atoms with Gasteiger partial charge in [-0.25, -0.2) is 0 Å². The first-order valence-corrected chi connectivity index (χ1v) is 6.70. The van der Waals surface area contributed by atoms with Gasteiger partial charge in [-0.3, -0.25) is 4.99 Å². The lowest BCUT2D eigenvalue weighted by molar-refractivity contribution is -0.420. The van der Waals surface area contributed by atoms with E-state index in [2.05, 4.69) is 9.98 Å². The molecule has 1 aromatic heterocycles. The Hall–Kier alpha value is -1.70. The molecule has 6 nitrogen and oxygen atoms in total. The Bertz CT molecular complexity index is 512. The van der Waals surface area contributed by atoms with Crippen LogP contribution in [0.15, 0.2) is 22.7 Å². The minimum atomic E-state index is -0.269. The molecule has 7 heteroatoms. The maximum Gasteiger partial charge on any atom is 0.324 e. The van der Waals surface area contributed by atoms with Gasteiger partial charge in [0.2, 0.25) is 6.34 Å². The minimum Gasteiger partial charge on any atom is -0.397 e. The number of aliphatic imine (C=N–C) groups is 1. The van der Waals surface area contributed by atoms with Gasteiger partial charge in [-0.05, 0) is 24.0 Å². The van der Waals surface area contributed by atoms with E-state index in [-0.39, 0.29) is 6.04 Å². The van der Waals surface area contributed by atoms with Gasteiger partial charge in [0.25, 0.3) is 0 Å². The molecule has 1 aromatic rings. The largest absolute Gasteiger partial charge is 0.397 e. The van der Waals surface area contributed by atoms with Crippen LogP contribution < -0.4 is 27.9 Å². The number of hydrogen-bond acceptors (Lipinski definition) is 4. The molecule has 1 rings (SSSR count). The second-order valence-corrected chi connectivity index (χ2v) is 5.13. The molecule has 0 saturated heterocycles. The molecule has 0 bridgehead atoms. The molecule has 0 radical (unpaired) electrons. The molecule has 19 heavy (non-hydrogen) atoms. The van der Waals surface area contributed by atoms with Gasteiger partial charge in [0, 0.05) is 17.5 Å². The summed E-state index contributed by atoms with van der Waals surface area (Å²) in [6, 6.07) is 3.62. The lowest BCUT2D eigenvalue weighted by Crippen LogP contribution is -2.68. The van der Waals surface area contributed by atoms with Gasteiger partial charge in [0.15, 0.2) is 0 Å². The van der Waals surface area contributed by atoms with Crippen molar-refractivity contribution in [1.82, 2.24) is 0 Å². The highest BCUT2D eigenvalue weighted by Gasteiger charge is 2.22. The number of hydrogen-bond donors (Lipinski definition) is 5. The second-order valence-electron chi connectivity index (χ2n) is 3.96. The van der Waals surface area contributed by atoms with E-state index < -0.39 is 0 Å². The zero-order valence-electron chi connectivity index (χ0n) is 11.2. The zero-order valence-corrected chi connectivity index (χ0v) is 12.0. The molecule has 0 aliphatic rings. The summed E-state index contributed by atoms with van der Waals surface area (Å²) in [5, 5.41) is 0. The first kappa shape index (κ1) is 15.4. The molecular weight excluding hydrogens is 260 g/mol. The number of rotatable bonds is 4. The molecule has 1 unspecified atom stereocenters. The SMILES string of the molecule is C[NH+]=C(N=CN)C(=C(N)c1ccc(CN)s1)C(C)N. The Kier molecular flexibility index (Phi) is 5.68. The summed E-state index contributed by atoms with van der Waals surface area (Å²) in [5.41, 5.74) is 24.5. The van der Waals surface area contributed by atoms with Crippen LogP contribution in [0.5, 0.6) is 0 Å². The predicted octanol–water partition coefficient (Wildman–Crippen LogP) is -1.68. The van der Waals surface area contributed by atoms with Gasteiger partial charge in [-0.1, -0.05) is 0 Å². The molecule has 1 atom stereocenters. The summed E-state index contributed by atoms with van der Waals surface area (Å²) < 4.78 is 0. The summed E-state index contributed by atoms with van der Waals surface area (Å²) in [7, 11) is 1.75. The summed E-state index contributed by atoms with van der Waals surface area (Å²) >= 11 is 1.55. The van der Waals surface area contributed by atoms with Gasteiger partial charge in [-0.2, -0.15) is 0 Å². The molecule has 9 N–H and O–H groups in total. The maximum absolute atomic E-state index is 6.21. The van der Waals surface area contributed by atoms with E-state index in [4.69, 9.17) is 22.9 Å². The van der Waals surface area contributed by atoms with Gasteiger partial charge in [0.05, 0.1) is 23.2 Å². The van der Waals surface area contributed by atoms with Crippen LogP contribution >= 0.6 is 11.3 Å². The summed E-state index contributed by atoms with van der Waals surface area (Å²) in [4.78, 5) is 9.00. The Labute approximate surface area is 116 Å². The number of amidine groups is 1. The average Bonchev–Trinajstić information content (AvgIpc) is 2.86. The highest BCUT2D eigenvalue weighted by Crippen LogP contribution is 2.24. The zero-order chi connectivity index (χ0) is 14.4. The Morgan fingerprint density at radius 3 is 2.63 bits per heavy atom. The van der Waals surface area contributed by atoms with Crippen LogP contribution in [0.25, 0.3) is 5.70 Å². The van der Waals surface area contributed by atoms with Crippen LogP contribution in [-0.2, 0) is 6.54 Å². The van der Waals surface area contributed by atoms with Crippen LogP contribution in [0.3, 0.4) is 0 Å². The van der Waals surface area contributed by atoms with Crippen molar-refractivity contribution in [2.45, 2.75) is 19.5 Å². The lowest BCUT2D eigenvalue weighted by Gasteiger charge is -2.10. The monoisotopic (exact) mass is 281 g/mol. The van der Waals surface area contributed by atoms with Gasteiger partial charge in [-0.15, -0.1) is 11.3 Å². The molecule has 0 spiro atoms. The standard InChI is InChI=1S/C12H20N6S/c1-7(15)10(12(17-2)18-6-14)11(16)9-4-3-8(5-13)19-9/h3-4,6-7H,5,13,15-16H2,1-2H3,(H2,14,17,18)/p+1. The van der Waals surface area contributed by atoms with Crippen molar-refractivity contribution < 1.29 is 4.99 Å². The van der Waals surface area contributed by atoms with Crippen molar-refractivity contribution in [1.29, 1.82) is 0 Å². The number of nitrogens with zero attached hydrogens (tertiary/aromatic N) is 1. The van der Waals surface area contributed by atoms with Crippen molar-refractivity contribution in [3.63, 3.8) is 0 Å². The van der Waals surface area contributed by atoms with Crippen LogP contribution in [0.2, 0.25) is 0 Å². The highest BCUT2D eigenvalue weighted by atomic mass is 32.1. The quantitative estimate of drug-likeness (QED) is 0.333. The van der Waals surface area contributed by atoms with E-state index in [0.29, 0.717) is 18.1 Å². The second kappa shape index (κ2) is 7.03. The molecule has 0 aliphatic carbocycles. The third-order valence-corrected chi connectivity index (χ3v) is 3.71. The van der Waals surface area contributed by atoms with E-state index in [0.717, 1.165) is 15.3 Å². The first-order chi connectivity index (χ1) is 9.04. The molecule has 0 saturated carbocycles. The number of nitrogens with one attached hydrogen (secondary N) is 1. The lowest BCUT2D eigenvalue weighted by atomic mass is 10.1. The van der Waals surface area contributed by atoms with Crippen LogP contribution in [-0.4, -0.2) is 25.3 Å². The van der Waals surface area contributed by atoms with Gasteiger partial charge < -0.3 is 22.9 Å². The fourth-order valence-corrected chi connectivity index (χ4v) is 2.55. The normalized spacial score (nSPS) is 15.7. The van der Waals surface area contributed by atoms with Gasteiger partial charge >= 0.3 is 5.84 Å². The number of thiophene rings is 1. The molecule has 1 heterocycles. The summed E-state index contributed by atoms with van der Waals surface area (Å²) in [6.45, 7) is 2.35. The molecule has 0 aliphatic heterocycles. The van der Waals surface area contributed by atoms with Crippen LogP contribution in [0, 0.1) is 0 Å². The minimum absolute atomic E-state index is 0.269. The average molecular weight is 281 g/mol. The topological polar surface area (TPSA) is 130 Å².